The number of nitrogens with zero attached hydrogens (tertiary/aromatic N) is 2. The minimum absolute atomic E-state index is 0.0576. The van der Waals surface area contributed by atoms with Gasteiger partial charge in [-0.15, -0.1) is 0 Å². The SMILES string of the molecule is CCOC(=O)c1ccc2c(c1)C(C)(C)[C@H]1CCN3Cc4ccccc4C[C@H]3C1=N2. The minimum Gasteiger partial charge on any atom is -0.462 e. The van der Waals surface area contributed by atoms with Gasteiger partial charge in [0.1, 0.15) is 0 Å². The van der Waals surface area contributed by atoms with E-state index in [0.717, 1.165) is 31.6 Å². The number of fused-ring (bicyclic) bond motifs is 5. The van der Waals surface area contributed by atoms with Crippen LogP contribution >= 0.6 is 0 Å². The second-order valence-electron chi connectivity index (χ2n) is 9.01. The molecule has 3 aliphatic rings. The molecule has 0 aliphatic carbocycles. The van der Waals surface area contributed by atoms with E-state index in [1.165, 1.54) is 22.4 Å². The number of hydrogen-bond donors (Lipinski definition) is 0. The average molecular weight is 389 g/mol. The highest BCUT2D eigenvalue weighted by Crippen LogP contribution is 2.48. The van der Waals surface area contributed by atoms with Gasteiger partial charge in [-0.25, -0.2) is 4.79 Å². The highest BCUT2D eigenvalue weighted by molar-refractivity contribution is 5.99. The van der Waals surface area contributed by atoms with Crippen molar-refractivity contribution in [3.63, 3.8) is 0 Å². The van der Waals surface area contributed by atoms with Crippen molar-refractivity contribution in [2.45, 2.75) is 51.6 Å². The lowest BCUT2D eigenvalue weighted by molar-refractivity contribution is 0.0526. The molecule has 150 valence electrons. The van der Waals surface area contributed by atoms with Crippen molar-refractivity contribution in [2.75, 3.05) is 13.2 Å². The predicted octanol–water partition coefficient (Wildman–Crippen LogP) is 4.67. The zero-order chi connectivity index (χ0) is 20.2. The van der Waals surface area contributed by atoms with Crippen LogP contribution in [0.2, 0.25) is 0 Å². The molecular weight excluding hydrogens is 360 g/mol. The van der Waals surface area contributed by atoms with E-state index < -0.39 is 0 Å². The summed E-state index contributed by atoms with van der Waals surface area (Å²) in [6, 6.07) is 15.1. The lowest BCUT2D eigenvalue weighted by Crippen LogP contribution is -2.57. The molecule has 0 aromatic heterocycles. The summed E-state index contributed by atoms with van der Waals surface area (Å²) < 4.78 is 5.22. The van der Waals surface area contributed by atoms with Crippen LogP contribution in [0.15, 0.2) is 47.5 Å². The van der Waals surface area contributed by atoms with E-state index >= 15 is 0 Å². The molecule has 29 heavy (non-hydrogen) atoms. The van der Waals surface area contributed by atoms with Crippen LogP contribution < -0.4 is 0 Å². The van der Waals surface area contributed by atoms with Crippen molar-refractivity contribution in [1.29, 1.82) is 0 Å². The molecule has 4 heteroatoms. The number of rotatable bonds is 2. The van der Waals surface area contributed by atoms with Crippen molar-refractivity contribution in [1.82, 2.24) is 4.90 Å². The molecule has 2 aromatic carbocycles. The van der Waals surface area contributed by atoms with Gasteiger partial charge in [0.05, 0.1) is 23.9 Å². The highest BCUT2D eigenvalue weighted by atomic mass is 16.5. The zero-order valence-electron chi connectivity index (χ0n) is 17.4. The zero-order valence-corrected chi connectivity index (χ0v) is 17.4. The van der Waals surface area contributed by atoms with E-state index in [1.807, 2.05) is 25.1 Å². The molecule has 2 atom stereocenters. The van der Waals surface area contributed by atoms with Crippen molar-refractivity contribution in [2.24, 2.45) is 10.9 Å². The summed E-state index contributed by atoms with van der Waals surface area (Å²) in [6.45, 7) is 8.97. The number of hydrogen-bond acceptors (Lipinski definition) is 4. The Kier molecular flexibility index (Phi) is 4.36. The van der Waals surface area contributed by atoms with Crippen LogP contribution in [0, 0.1) is 5.92 Å². The van der Waals surface area contributed by atoms with Gasteiger partial charge in [0.25, 0.3) is 0 Å². The highest BCUT2D eigenvalue weighted by Gasteiger charge is 2.47. The Morgan fingerprint density at radius 1 is 1.21 bits per heavy atom. The Labute approximate surface area is 172 Å². The summed E-state index contributed by atoms with van der Waals surface area (Å²) in [6.07, 6.45) is 2.14. The second-order valence-corrected chi connectivity index (χ2v) is 9.01. The molecule has 1 saturated heterocycles. The number of carbonyl (C=O) groups is 1. The molecule has 5 rings (SSSR count). The van der Waals surface area contributed by atoms with E-state index in [4.69, 9.17) is 9.73 Å². The molecule has 0 amide bonds. The second kappa shape index (κ2) is 6.81. The molecule has 0 radical (unpaired) electrons. The number of esters is 1. The third kappa shape index (κ3) is 2.93. The summed E-state index contributed by atoms with van der Waals surface area (Å²) in [5, 5.41) is 0. The van der Waals surface area contributed by atoms with Crippen molar-refractivity contribution in [3.8, 4) is 0 Å². The molecule has 0 saturated carbocycles. The molecule has 4 nitrogen and oxygen atoms in total. The van der Waals surface area contributed by atoms with E-state index in [-0.39, 0.29) is 11.4 Å². The van der Waals surface area contributed by atoms with Crippen LogP contribution in [-0.4, -0.2) is 35.8 Å². The van der Waals surface area contributed by atoms with Gasteiger partial charge in [-0.2, -0.15) is 0 Å². The maximum Gasteiger partial charge on any atom is 0.338 e. The van der Waals surface area contributed by atoms with Crippen LogP contribution in [0.3, 0.4) is 0 Å². The van der Waals surface area contributed by atoms with Gasteiger partial charge in [0.2, 0.25) is 0 Å². The lowest BCUT2D eigenvalue weighted by Gasteiger charge is -2.50. The van der Waals surface area contributed by atoms with Crippen molar-refractivity contribution in [3.05, 3.63) is 64.7 Å². The first-order valence-electron chi connectivity index (χ1n) is 10.7. The number of piperidine rings is 1. The number of benzene rings is 2. The first-order chi connectivity index (χ1) is 14.0. The van der Waals surface area contributed by atoms with Crippen LogP contribution in [0.25, 0.3) is 0 Å². The quantitative estimate of drug-likeness (QED) is 0.702. The molecular formula is C25H28N2O2. The Bertz CT molecular complexity index is 1010. The summed E-state index contributed by atoms with van der Waals surface area (Å²) >= 11 is 0. The smallest absolute Gasteiger partial charge is 0.338 e. The van der Waals surface area contributed by atoms with Crippen LogP contribution in [0.4, 0.5) is 5.69 Å². The van der Waals surface area contributed by atoms with Gasteiger partial charge < -0.3 is 4.74 Å². The Morgan fingerprint density at radius 3 is 2.79 bits per heavy atom. The van der Waals surface area contributed by atoms with Crippen LogP contribution in [0.5, 0.6) is 0 Å². The molecule has 0 unspecified atom stereocenters. The number of carbonyl (C=O) groups excluding carboxylic acids is 1. The maximum atomic E-state index is 12.3. The fourth-order valence-electron chi connectivity index (χ4n) is 5.48. The van der Waals surface area contributed by atoms with E-state index in [9.17, 15) is 4.79 Å². The molecule has 3 aliphatic heterocycles. The minimum atomic E-state index is -0.250. The average Bonchev–Trinajstić information content (AvgIpc) is 2.72. The summed E-state index contributed by atoms with van der Waals surface area (Å²) in [4.78, 5) is 20.1. The Balaban J connectivity index is 1.56. The first kappa shape index (κ1) is 18.6. The van der Waals surface area contributed by atoms with E-state index in [0.29, 0.717) is 24.1 Å². The van der Waals surface area contributed by atoms with Crippen LogP contribution in [-0.2, 0) is 23.1 Å². The van der Waals surface area contributed by atoms with Gasteiger partial charge in [-0.05, 0) is 66.6 Å². The fraction of sp³-hybridized carbons (Fsp3) is 0.440. The van der Waals surface area contributed by atoms with Gasteiger partial charge in [0.15, 0.2) is 0 Å². The number of ether oxygens (including phenoxy) is 1. The largest absolute Gasteiger partial charge is 0.462 e. The van der Waals surface area contributed by atoms with Gasteiger partial charge in [0, 0.05) is 18.2 Å². The molecule has 0 N–H and O–H groups in total. The normalized spacial score (nSPS) is 24.4. The number of aliphatic imine (C=N–C) groups is 1. The predicted molar refractivity (Wildman–Crippen MR) is 115 cm³/mol. The summed E-state index contributed by atoms with van der Waals surface area (Å²) in [5.41, 5.74) is 6.98. The van der Waals surface area contributed by atoms with Crippen LogP contribution in [0.1, 0.15) is 54.2 Å². The Hall–Kier alpha value is -2.46. The van der Waals surface area contributed by atoms with Gasteiger partial charge in [-0.3, -0.25) is 9.89 Å². The standard InChI is InChI=1S/C25H28N2O2/c1-4-29-24(28)17-9-10-21-20(13-17)25(2,3)19-11-12-27-15-18-8-6-5-7-16(18)14-22(27)23(19)26-21/h5-10,13,19,22H,4,11-12,14-15H2,1-3H3/t19-,22-/m0/s1. The Morgan fingerprint density at radius 2 is 2.00 bits per heavy atom. The lowest BCUT2D eigenvalue weighted by atomic mass is 9.64. The van der Waals surface area contributed by atoms with Gasteiger partial charge >= 0.3 is 5.97 Å². The molecule has 0 bridgehead atoms. The van der Waals surface area contributed by atoms with Crippen molar-refractivity contribution >= 4 is 17.4 Å². The topological polar surface area (TPSA) is 41.9 Å². The molecule has 0 spiro atoms. The van der Waals surface area contributed by atoms with Crippen molar-refractivity contribution < 1.29 is 9.53 Å². The molecule has 2 aromatic rings. The monoisotopic (exact) mass is 388 g/mol. The molecule has 1 fully saturated rings. The molecule has 3 heterocycles. The third-order valence-corrected chi connectivity index (χ3v) is 7.07. The summed E-state index contributed by atoms with van der Waals surface area (Å²) in [5.74, 6) is 0.151. The van der Waals surface area contributed by atoms with E-state index in [2.05, 4.69) is 43.0 Å². The van der Waals surface area contributed by atoms with E-state index in [1.54, 1.807) is 0 Å². The third-order valence-electron chi connectivity index (χ3n) is 7.07. The first-order valence-corrected chi connectivity index (χ1v) is 10.7. The summed E-state index contributed by atoms with van der Waals surface area (Å²) in [7, 11) is 0. The fourth-order valence-corrected chi connectivity index (χ4v) is 5.48. The van der Waals surface area contributed by atoms with Gasteiger partial charge in [-0.1, -0.05) is 38.1 Å². The maximum absolute atomic E-state index is 12.3.